The van der Waals surface area contributed by atoms with Crippen LogP contribution in [0.25, 0.3) is 10.8 Å². The van der Waals surface area contributed by atoms with Crippen LogP contribution in [0, 0.1) is 5.92 Å². The molecule has 7 heteroatoms. The Labute approximate surface area is 151 Å². The number of rotatable bonds is 6. The molecule has 1 aromatic carbocycles. The number of benzene rings is 1. The minimum absolute atomic E-state index is 0.146. The van der Waals surface area contributed by atoms with E-state index in [1.165, 1.54) is 0 Å². The molecule has 0 aliphatic rings. The molecular weight excluding hydrogens is 330 g/mol. The molecule has 0 aliphatic heterocycles. The van der Waals surface area contributed by atoms with Crippen LogP contribution in [0.5, 0.6) is 0 Å². The number of carbonyl (C=O) groups excluding carboxylic acids is 1. The molecule has 1 unspecified atom stereocenters. The lowest BCUT2D eigenvalue weighted by atomic mass is 10.0. The van der Waals surface area contributed by atoms with E-state index in [-0.39, 0.29) is 11.5 Å². The van der Waals surface area contributed by atoms with Crippen LogP contribution >= 0.6 is 0 Å². The lowest BCUT2D eigenvalue weighted by molar-refractivity contribution is -0.122. The molecule has 3 aromatic rings. The Hall–Kier alpha value is -2.96. The van der Waals surface area contributed by atoms with Crippen LogP contribution < -0.4 is 10.9 Å². The molecule has 0 fully saturated rings. The van der Waals surface area contributed by atoms with Gasteiger partial charge >= 0.3 is 0 Å². The van der Waals surface area contributed by atoms with Gasteiger partial charge in [-0.2, -0.15) is 5.10 Å². The van der Waals surface area contributed by atoms with Gasteiger partial charge in [0.15, 0.2) is 0 Å². The number of imidazole rings is 1. The third-order valence-electron chi connectivity index (χ3n) is 4.33. The van der Waals surface area contributed by atoms with Crippen molar-refractivity contribution in [1.82, 2.24) is 25.1 Å². The maximum absolute atomic E-state index is 12.6. The number of nitrogens with zero attached hydrogens (tertiary/aromatic N) is 3. The highest BCUT2D eigenvalue weighted by Crippen LogP contribution is 2.21. The van der Waals surface area contributed by atoms with Crippen molar-refractivity contribution in [2.45, 2.75) is 39.8 Å². The molecule has 2 heterocycles. The molecule has 0 saturated heterocycles. The van der Waals surface area contributed by atoms with Crippen molar-refractivity contribution in [3.05, 3.63) is 58.5 Å². The van der Waals surface area contributed by atoms with Gasteiger partial charge in [0, 0.05) is 18.1 Å². The zero-order chi connectivity index (χ0) is 18.7. The van der Waals surface area contributed by atoms with Crippen molar-refractivity contribution >= 4 is 16.7 Å². The smallest absolute Gasteiger partial charge is 0.272 e. The fourth-order valence-electron chi connectivity index (χ4n) is 2.97. The molecule has 2 aromatic heterocycles. The van der Waals surface area contributed by atoms with Crippen molar-refractivity contribution in [2.24, 2.45) is 5.92 Å². The van der Waals surface area contributed by atoms with E-state index in [1.807, 2.05) is 16.7 Å². The monoisotopic (exact) mass is 353 g/mol. The molecule has 0 spiro atoms. The zero-order valence-electron chi connectivity index (χ0n) is 15.2. The normalized spacial score (nSPS) is 12.5. The summed E-state index contributed by atoms with van der Waals surface area (Å²) in [5, 5.41) is 10.8. The summed E-state index contributed by atoms with van der Waals surface area (Å²) in [7, 11) is 0. The number of aromatic amines is 1. The van der Waals surface area contributed by atoms with E-state index in [0.29, 0.717) is 28.9 Å². The molecule has 2 N–H and O–H groups in total. The van der Waals surface area contributed by atoms with Gasteiger partial charge in [-0.1, -0.05) is 32.0 Å². The predicted molar refractivity (Wildman–Crippen MR) is 99.7 cm³/mol. The summed E-state index contributed by atoms with van der Waals surface area (Å²) in [4.78, 5) is 28.7. The van der Waals surface area contributed by atoms with Crippen LogP contribution in [0.2, 0.25) is 0 Å². The predicted octanol–water partition coefficient (Wildman–Crippen LogP) is 2.20. The first-order valence-corrected chi connectivity index (χ1v) is 8.71. The highest BCUT2D eigenvalue weighted by Gasteiger charge is 2.20. The molecule has 3 rings (SSSR count). The molecular formula is C19H23N5O2. The average molecular weight is 353 g/mol. The van der Waals surface area contributed by atoms with Crippen LogP contribution in [0.15, 0.2) is 41.6 Å². The third-order valence-corrected chi connectivity index (χ3v) is 4.33. The molecule has 0 saturated carbocycles. The van der Waals surface area contributed by atoms with Gasteiger partial charge in [0.1, 0.15) is 0 Å². The second-order valence-corrected chi connectivity index (χ2v) is 6.85. The zero-order valence-corrected chi connectivity index (χ0v) is 15.2. The van der Waals surface area contributed by atoms with Gasteiger partial charge in [-0.05, 0) is 18.9 Å². The van der Waals surface area contributed by atoms with Crippen molar-refractivity contribution in [1.29, 1.82) is 0 Å². The van der Waals surface area contributed by atoms with Gasteiger partial charge in [0.25, 0.3) is 5.56 Å². The van der Waals surface area contributed by atoms with Crippen molar-refractivity contribution in [3.63, 3.8) is 0 Å². The Kier molecular flexibility index (Phi) is 5.16. The molecule has 0 bridgehead atoms. The second kappa shape index (κ2) is 7.51. The quantitative estimate of drug-likeness (QED) is 0.710. The van der Waals surface area contributed by atoms with Gasteiger partial charge in [-0.3, -0.25) is 9.59 Å². The topological polar surface area (TPSA) is 92.7 Å². The number of fused-ring (bicyclic) bond motifs is 1. The number of carbonyl (C=O) groups is 1. The van der Waals surface area contributed by atoms with E-state index < -0.39 is 5.92 Å². The van der Waals surface area contributed by atoms with Gasteiger partial charge in [0.05, 0.1) is 35.6 Å². The Morgan fingerprint density at radius 2 is 1.96 bits per heavy atom. The van der Waals surface area contributed by atoms with E-state index >= 15 is 0 Å². The summed E-state index contributed by atoms with van der Waals surface area (Å²) >= 11 is 0. The highest BCUT2D eigenvalue weighted by molar-refractivity contribution is 5.90. The van der Waals surface area contributed by atoms with Crippen molar-refractivity contribution < 1.29 is 4.79 Å². The van der Waals surface area contributed by atoms with E-state index in [2.05, 4.69) is 34.3 Å². The molecule has 0 radical (unpaired) electrons. The summed E-state index contributed by atoms with van der Waals surface area (Å²) in [6.07, 6.45) is 3.54. The number of nitrogens with one attached hydrogen (secondary N) is 2. The second-order valence-electron chi connectivity index (χ2n) is 6.85. The largest absolute Gasteiger partial charge is 0.350 e. The van der Waals surface area contributed by atoms with Crippen molar-refractivity contribution in [2.75, 3.05) is 0 Å². The first kappa shape index (κ1) is 17.8. The van der Waals surface area contributed by atoms with E-state index in [0.717, 1.165) is 12.2 Å². The first-order chi connectivity index (χ1) is 12.5. The summed E-state index contributed by atoms with van der Waals surface area (Å²) in [5.41, 5.74) is 1.27. The number of hydrogen-bond acceptors (Lipinski definition) is 4. The maximum atomic E-state index is 12.6. The Morgan fingerprint density at radius 1 is 1.23 bits per heavy atom. The molecule has 1 amide bonds. The molecule has 0 aliphatic carbocycles. The van der Waals surface area contributed by atoms with E-state index in [9.17, 15) is 9.59 Å². The van der Waals surface area contributed by atoms with E-state index in [1.54, 1.807) is 31.6 Å². The van der Waals surface area contributed by atoms with Crippen LogP contribution in [0.1, 0.15) is 38.1 Å². The van der Waals surface area contributed by atoms with Crippen LogP contribution in [0.4, 0.5) is 0 Å². The molecule has 136 valence electrons. The van der Waals surface area contributed by atoms with Gasteiger partial charge in [0.2, 0.25) is 5.91 Å². The van der Waals surface area contributed by atoms with Crippen LogP contribution in [0.3, 0.4) is 0 Å². The van der Waals surface area contributed by atoms with Crippen molar-refractivity contribution in [3.8, 4) is 0 Å². The van der Waals surface area contributed by atoms with Gasteiger partial charge in [-0.25, -0.2) is 10.1 Å². The van der Waals surface area contributed by atoms with Gasteiger partial charge < -0.3 is 9.88 Å². The number of hydrogen-bond donors (Lipinski definition) is 2. The minimum atomic E-state index is -0.488. The summed E-state index contributed by atoms with van der Waals surface area (Å²) in [6.45, 7) is 7.31. The molecule has 1 atom stereocenters. The standard InChI is InChI=1S/C19H23N5O2/c1-12(2)10-24-11-20-8-14(24)9-21-18(25)13(3)17-15-6-4-5-7-16(15)19(26)23-22-17/h4-8,11-13H,9-10H2,1-3H3,(H,21,25)(H,23,26). The fraction of sp³-hybridized carbons (Fsp3) is 0.368. The summed E-state index contributed by atoms with van der Waals surface area (Å²) in [5.74, 6) is -0.139. The fourth-order valence-corrected chi connectivity index (χ4v) is 2.97. The Morgan fingerprint density at radius 3 is 2.69 bits per heavy atom. The number of H-pyrrole nitrogens is 1. The lowest BCUT2D eigenvalue weighted by Gasteiger charge is -2.15. The lowest BCUT2D eigenvalue weighted by Crippen LogP contribution is -2.29. The van der Waals surface area contributed by atoms with Crippen LogP contribution in [-0.2, 0) is 17.9 Å². The summed E-state index contributed by atoms with van der Waals surface area (Å²) in [6, 6.07) is 7.17. The third kappa shape index (κ3) is 3.66. The molecule has 26 heavy (non-hydrogen) atoms. The van der Waals surface area contributed by atoms with Gasteiger partial charge in [-0.15, -0.1) is 0 Å². The van der Waals surface area contributed by atoms with E-state index in [4.69, 9.17) is 0 Å². The highest BCUT2D eigenvalue weighted by atomic mass is 16.2. The maximum Gasteiger partial charge on any atom is 0.272 e. The first-order valence-electron chi connectivity index (χ1n) is 8.71. The van der Waals surface area contributed by atoms with Crippen LogP contribution in [-0.4, -0.2) is 25.7 Å². The minimum Gasteiger partial charge on any atom is -0.350 e. The molecule has 7 nitrogen and oxygen atoms in total. The average Bonchev–Trinajstić information content (AvgIpc) is 3.06. The SMILES string of the molecule is CC(C)Cn1cncc1CNC(=O)C(C)c1n[nH]c(=O)c2ccccc12. The Bertz CT molecular complexity index is 973. The number of aromatic nitrogens is 4. The Balaban J connectivity index is 1.76. The number of amides is 1. The summed E-state index contributed by atoms with van der Waals surface area (Å²) < 4.78 is 2.04.